The van der Waals surface area contributed by atoms with Crippen LogP contribution in [0, 0.1) is 23.2 Å². The monoisotopic (exact) mass is 327 g/mol. The van der Waals surface area contributed by atoms with E-state index in [1.807, 2.05) is 11.0 Å². The van der Waals surface area contributed by atoms with Crippen molar-refractivity contribution >= 4 is 17.6 Å². The molecule has 2 rings (SSSR count). The highest BCUT2D eigenvalue weighted by molar-refractivity contribution is 6.06. The van der Waals surface area contributed by atoms with E-state index in [1.54, 1.807) is 18.3 Å². The van der Waals surface area contributed by atoms with Gasteiger partial charge in [-0.15, -0.1) is 0 Å². The molecule has 0 saturated carbocycles. The Labute approximate surface area is 141 Å². The van der Waals surface area contributed by atoms with Crippen molar-refractivity contribution in [2.24, 2.45) is 11.8 Å². The molecular formula is C18H21N3O3. The van der Waals surface area contributed by atoms with Crippen molar-refractivity contribution in [3.8, 4) is 6.07 Å². The number of carbonyl (C=O) groups excluding carboxylic acids is 1. The fourth-order valence-corrected chi connectivity index (χ4v) is 3.07. The molecule has 2 atom stereocenters. The number of piperidine rings is 1. The molecule has 0 radical (unpaired) electrons. The second-order valence-electron chi connectivity index (χ2n) is 6.39. The molecule has 1 heterocycles. The Morgan fingerprint density at radius 1 is 1.33 bits per heavy atom. The minimum atomic E-state index is -1.07. The summed E-state index contributed by atoms with van der Waals surface area (Å²) < 4.78 is 0. The summed E-state index contributed by atoms with van der Waals surface area (Å²) in [6.45, 7) is 5.94. The summed E-state index contributed by atoms with van der Waals surface area (Å²) >= 11 is 0. The third-order valence-corrected chi connectivity index (χ3v) is 3.94. The number of anilines is 1. The van der Waals surface area contributed by atoms with Crippen LogP contribution < -0.4 is 5.32 Å². The van der Waals surface area contributed by atoms with Gasteiger partial charge in [-0.2, -0.15) is 5.26 Å². The maximum atomic E-state index is 12.3. The summed E-state index contributed by atoms with van der Waals surface area (Å²) in [5, 5.41) is 20.8. The van der Waals surface area contributed by atoms with E-state index in [1.165, 1.54) is 12.1 Å². The quantitative estimate of drug-likeness (QED) is 0.655. The number of hydrogen-bond donors (Lipinski definition) is 2. The van der Waals surface area contributed by atoms with E-state index in [2.05, 4.69) is 19.2 Å². The van der Waals surface area contributed by atoms with Crippen LogP contribution in [0.2, 0.25) is 0 Å². The van der Waals surface area contributed by atoms with Gasteiger partial charge in [0.15, 0.2) is 0 Å². The van der Waals surface area contributed by atoms with Gasteiger partial charge < -0.3 is 15.3 Å². The van der Waals surface area contributed by atoms with E-state index in [0.717, 1.165) is 19.5 Å². The lowest BCUT2D eigenvalue weighted by Crippen LogP contribution is -2.35. The van der Waals surface area contributed by atoms with Gasteiger partial charge in [-0.1, -0.05) is 19.9 Å². The zero-order chi connectivity index (χ0) is 17.7. The van der Waals surface area contributed by atoms with E-state index < -0.39 is 11.9 Å². The SMILES string of the molecule is CC1CC(C)CN(/C=C(/C#N)C(=O)Nc2cccc(C(=O)O)c2)C1. The molecule has 0 bridgehead atoms. The Morgan fingerprint density at radius 3 is 2.58 bits per heavy atom. The number of hydrogen-bond acceptors (Lipinski definition) is 4. The van der Waals surface area contributed by atoms with Gasteiger partial charge in [0.05, 0.1) is 5.56 Å². The molecule has 24 heavy (non-hydrogen) atoms. The molecule has 1 fully saturated rings. The van der Waals surface area contributed by atoms with Crippen molar-refractivity contribution in [3.63, 3.8) is 0 Å². The first-order valence-corrected chi connectivity index (χ1v) is 7.89. The average molecular weight is 327 g/mol. The number of carbonyl (C=O) groups is 2. The number of benzene rings is 1. The number of rotatable bonds is 4. The Kier molecular flexibility index (Phi) is 5.59. The van der Waals surface area contributed by atoms with Gasteiger partial charge in [-0.3, -0.25) is 4.79 Å². The van der Waals surface area contributed by atoms with E-state index in [4.69, 9.17) is 5.11 Å². The van der Waals surface area contributed by atoms with Gasteiger partial charge in [0.25, 0.3) is 5.91 Å². The first-order chi connectivity index (χ1) is 11.4. The number of carboxylic acids is 1. The number of nitrogens with zero attached hydrogens (tertiary/aromatic N) is 2. The number of aromatic carboxylic acids is 1. The van der Waals surface area contributed by atoms with Gasteiger partial charge in [0.1, 0.15) is 11.6 Å². The van der Waals surface area contributed by atoms with Crippen LogP contribution in [0.15, 0.2) is 36.0 Å². The minimum absolute atomic E-state index is 0.0111. The van der Waals surface area contributed by atoms with Crippen molar-refractivity contribution in [3.05, 3.63) is 41.6 Å². The van der Waals surface area contributed by atoms with E-state index in [9.17, 15) is 14.9 Å². The van der Waals surface area contributed by atoms with E-state index in [-0.39, 0.29) is 11.1 Å². The molecule has 0 aliphatic carbocycles. The lowest BCUT2D eigenvalue weighted by atomic mass is 9.92. The van der Waals surface area contributed by atoms with Crippen LogP contribution in [0.4, 0.5) is 5.69 Å². The van der Waals surface area contributed by atoms with Crippen LogP contribution in [0.5, 0.6) is 0 Å². The van der Waals surface area contributed by atoms with Crippen molar-refractivity contribution in [2.75, 3.05) is 18.4 Å². The van der Waals surface area contributed by atoms with Gasteiger partial charge >= 0.3 is 5.97 Å². The summed E-state index contributed by atoms with van der Waals surface area (Å²) in [7, 11) is 0. The van der Waals surface area contributed by atoms with Crippen LogP contribution in [-0.2, 0) is 4.79 Å². The average Bonchev–Trinajstić information content (AvgIpc) is 2.51. The highest BCUT2D eigenvalue weighted by atomic mass is 16.4. The molecule has 126 valence electrons. The van der Waals surface area contributed by atoms with Crippen molar-refractivity contribution < 1.29 is 14.7 Å². The van der Waals surface area contributed by atoms with Crippen molar-refractivity contribution in [1.82, 2.24) is 4.90 Å². The molecule has 1 aliphatic rings. The Balaban J connectivity index is 2.11. The topological polar surface area (TPSA) is 93.4 Å². The van der Waals surface area contributed by atoms with Gasteiger partial charge in [0.2, 0.25) is 0 Å². The highest BCUT2D eigenvalue weighted by Crippen LogP contribution is 2.22. The molecular weight excluding hydrogens is 306 g/mol. The highest BCUT2D eigenvalue weighted by Gasteiger charge is 2.21. The molecule has 2 N–H and O–H groups in total. The minimum Gasteiger partial charge on any atom is -0.478 e. The second-order valence-corrected chi connectivity index (χ2v) is 6.39. The third kappa shape index (κ3) is 4.59. The van der Waals surface area contributed by atoms with Crippen molar-refractivity contribution in [2.45, 2.75) is 20.3 Å². The van der Waals surface area contributed by atoms with Crippen LogP contribution in [0.1, 0.15) is 30.6 Å². The van der Waals surface area contributed by atoms with Crippen molar-refractivity contribution in [1.29, 1.82) is 5.26 Å². The molecule has 2 unspecified atom stereocenters. The third-order valence-electron chi connectivity index (χ3n) is 3.94. The van der Waals surface area contributed by atoms with Crippen LogP contribution in [-0.4, -0.2) is 35.0 Å². The fraction of sp³-hybridized carbons (Fsp3) is 0.389. The zero-order valence-corrected chi connectivity index (χ0v) is 13.8. The summed E-state index contributed by atoms with van der Waals surface area (Å²) in [4.78, 5) is 25.3. The normalized spacial score (nSPS) is 21.0. The summed E-state index contributed by atoms with van der Waals surface area (Å²) in [5.74, 6) is -0.579. The number of nitriles is 1. The van der Waals surface area contributed by atoms with Crippen LogP contribution in [0.25, 0.3) is 0 Å². The van der Waals surface area contributed by atoms with Crippen LogP contribution >= 0.6 is 0 Å². The van der Waals surface area contributed by atoms with Gasteiger partial charge in [0, 0.05) is 25.0 Å². The first-order valence-electron chi connectivity index (χ1n) is 7.89. The predicted molar refractivity (Wildman–Crippen MR) is 90.2 cm³/mol. The molecule has 1 aromatic carbocycles. The number of nitrogens with one attached hydrogen (secondary N) is 1. The number of amides is 1. The molecule has 1 aromatic rings. The molecule has 6 heteroatoms. The maximum Gasteiger partial charge on any atom is 0.335 e. The largest absolute Gasteiger partial charge is 0.478 e. The predicted octanol–water partition coefficient (Wildman–Crippen LogP) is 2.71. The Hall–Kier alpha value is -2.81. The summed E-state index contributed by atoms with van der Waals surface area (Å²) in [6, 6.07) is 7.86. The molecule has 0 aromatic heterocycles. The standard InChI is InChI=1S/C18H21N3O3/c1-12-6-13(2)10-21(9-12)11-15(8-19)17(22)20-16-5-3-4-14(7-16)18(23)24/h3-5,7,11-13H,6,9-10H2,1-2H3,(H,20,22)(H,23,24)/b15-11-. The van der Waals surface area contributed by atoms with Crippen LogP contribution in [0.3, 0.4) is 0 Å². The molecule has 1 saturated heterocycles. The molecule has 0 spiro atoms. The summed E-state index contributed by atoms with van der Waals surface area (Å²) in [5.41, 5.74) is 0.437. The zero-order valence-electron chi connectivity index (χ0n) is 13.8. The van der Waals surface area contributed by atoms with E-state index >= 15 is 0 Å². The number of likely N-dealkylation sites (tertiary alicyclic amines) is 1. The smallest absolute Gasteiger partial charge is 0.335 e. The molecule has 6 nitrogen and oxygen atoms in total. The van der Waals surface area contributed by atoms with Gasteiger partial charge in [-0.05, 0) is 36.5 Å². The summed E-state index contributed by atoms with van der Waals surface area (Å²) in [6.07, 6.45) is 2.74. The lowest BCUT2D eigenvalue weighted by Gasteiger charge is -2.34. The molecule has 1 amide bonds. The van der Waals surface area contributed by atoms with E-state index in [0.29, 0.717) is 17.5 Å². The Morgan fingerprint density at radius 2 is 2.00 bits per heavy atom. The Bertz CT molecular complexity index is 696. The lowest BCUT2D eigenvalue weighted by molar-refractivity contribution is -0.112. The maximum absolute atomic E-state index is 12.3. The fourth-order valence-electron chi connectivity index (χ4n) is 3.07. The first kappa shape index (κ1) is 17.5. The number of carboxylic acid groups (broad SMARTS) is 1. The van der Waals surface area contributed by atoms with Gasteiger partial charge in [-0.25, -0.2) is 4.79 Å². The second kappa shape index (κ2) is 7.64. The molecule has 1 aliphatic heterocycles.